The van der Waals surface area contributed by atoms with Gasteiger partial charge in [-0.15, -0.1) is 0 Å². The zero-order chi connectivity index (χ0) is 15.1. The molecule has 2 nitrogen and oxygen atoms in total. The van der Waals surface area contributed by atoms with Crippen LogP contribution >= 0.6 is 0 Å². The van der Waals surface area contributed by atoms with Gasteiger partial charge in [-0.1, -0.05) is 37.0 Å². The van der Waals surface area contributed by atoms with Crippen LogP contribution in [0.3, 0.4) is 0 Å². The average molecular weight is 284 g/mol. The summed E-state index contributed by atoms with van der Waals surface area (Å²) >= 11 is 0. The zero-order valence-corrected chi connectivity index (χ0v) is 11.9. The number of halogens is 1. The van der Waals surface area contributed by atoms with E-state index in [0.29, 0.717) is 6.61 Å². The van der Waals surface area contributed by atoms with E-state index in [-0.39, 0.29) is 12.2 Å². The average Bonchev–Trinajstić information content (AvgIpc) is 2.53. The van der Waals surface area contributed by atoms with Crippen LogP contribution < -0.4 is 4.74 Å². The first-order chi connectivity index (χ1) is 10.2. The second-order valence-corrected chi connectivity index (χ2v) is 4.56. The van der Waals surface area contributed by atoms with Gasteiger partial charge < -0.3 is 9.84 Å². The Bertz CT molecular complexity index is 651. The lowest BCUT2D eigenvalue weighted by Crippen LogP contribution is -1.97. The zero-order valence-electron chi connectivity index (χ0n) is 11.9. The van der Waals surface area contributed by atoms with Gasteiger partial charge in [0.25, 0.3) is 0 Å². The molecule has 2 aromatic carbocycles. The van der Waals surface area contributed by atoms with Gasteiger partial charge in [-0.2, -0.15) is 0 Å². The van der Waals surface area contributed by atoms with E-state index in [1.165, 1.54) is 11.6 Å². The van der Waals surface area contributed by atoms with Crippen molar-refractivity contribution in [3.8, 4) is 17.6 Å². The summed E-state index contributed by atoms with van der Waals surface area (Å²) in [5, 5.41) is 8.66. The molecule has 2 rings (SSSR count). The highest BCUT2D eigenvalue weighted by Gasteiger charge is 2.02. The molecule has 0 amide bonds. The lowest BCUT2D eigenvalue weighted by molar-refractivity contribution is 0.306. The second-order valence-electron chi connectivity index (χ2n) is 4.56. The summed E-state index contributed by atoms with van der Waals surface area (Å²) < 4.78 is 19.2. The van der Waals surface area contributed by atoms with Crippen molar-refractivity contribution < 1.29 is 14.2 Å². The predicted molar refractivity (Wildman–Crippen MR) is 80.5 cm³/mol. The van der Waals surface area contributed by atoms with Crippen molar-refractivity contribution in [3.63, 3.8) is 0 Å². The van der Waals surface area contributed by atoms with Gasteiger partial charge in [-0.25, -0.2) is 4.39 Å². The summed E-state index contributed by atoms with van der Waals surface area (Å²) in [5.41, 5.74) is 2.36. The van der Waals surface area contributed by atoms with Crippen molar-refractivity contribution in [3.05, 3.63) is 65.0 Å². The van der Waals surface area contributed by atoms with Crippen LogP contribution in [-0.4, -0.2) is 11.7 Å². The summed E-state index contributed by atoms with van der Waals surface area (Å²) in [7, 11) is 0. The van der Waals surface area contributed by atoms with Gasteiger partial charge >= 0.3 is 0 Å². The van der Waals surface area contributed by atoms with Crippen molar-refractivity contribution in [2.24, 2.45) is 0 Å². The molecule has 21 heavy (non-hydrogen) atoms. The third-order valence-electron chi connectivity index (χ3n) is 3.07. The van der Waals surface area contributed by atoms with Gasteiger partial charge in [0.05, 0.1) is 5.56 Å². The molecule has 0 aliphatic rings. The minimum Gasteiger partial charge on any atom is -0.489 e. The van der Waals surface area contributed by atoms with Gasteiger partial charge in [0.15, 0.2) is 0 Å². The fraction of sp³-hybridized carbons (Fsp3) is 0.222. The maximum absolute atomic E-state index is 13.5. The Labute approximate surface area is 124 Å². The fourth-order valence-corrected chi connectivity index (χ4v) is 1.88. The molecule has 0 spiro atoms. The minimum absolute atomic E-state index is 0.270. The molecule has 0 saturated heterocycles. The highest BCUT2D eigenvalue weighted by atomic mass is 19.1. The molecular weight excluding hydrogens is 267 g/mol. The number of aryl methyl sites for hydroxylation is 1. The summed E-state index contributed by atoms with van der Waals surface area (Å²) in [6.07, 6.45) is 0.991. The van der Waals surface area contributed by atoms with Gasteiger partial charge in [-0.3, -0.25) is 0 Å². The van der Waals surface area contributed by atoms with E-state index >= 15 is 0 Å². The maximum Gasteiger partial charge on any atom is 0.138 e. The minimum atomic E-state index is -0.396. The van der Waals surface area contributed by atoms with Crippen molar-refractivity contribution in [1.29, 1.82) is 0 Å². The standard InChI is InChI=1S/C18H17FO2/c1-2-14-5-8-17(9-6-14)21-13-15-7-10-18(19)16(12-15)4-3-11-20/h5-10,12,20H,2,11,13H2,1H3. The molecule has 1 N–H and O–H groups in total. The second kappa shape index (κ2) is 7.47. The SMILES string of the molecule is CCc1ccc(OCc2ccc(F)c(C#CCO)c2)cc1. The summed E-state index contributed by atoms with van der Waals surface area (Å²) in [4.78, 5) is 0. The maximum atomic E-state index is 13.5. The fourth-order valence-electron chi connectivity index (χ4n) is 1.88. The molecular formula is C18H17FO2. The van der Waals surface area contributed by atoms with Gasteiger partial charge in [0.2, 0.25) is 0 Å². The Morgan fingerprint density at radius 3 is 2.48 bits per heavy atom. The molecule has 0 bridgehead atoms. The number of rotatable bonds is 4. The van der Waals surface area contributed by atoms with Crippen molar-refractivity contribution >= 4 is 0 Å². The van der Waals surface area contributed by atoms with Crippen molar-refractivity contribution in [2.75, 3.05) is 6.61 Å². The van der Waals surface area contributed by atoms with Crippen molar-refractivity contribution in [2.45, 2.75) is 20.0 Å². The van der Waals surface area contributed by atoms with Gasteiger partial charge in [0, 0.05) is 0 Å². The quantitative estimate of drug-likeness (QED) is 0.873. The lowest BCUT2D eigenvalue weighted by Gasteiger charge is -2.07. The van der Waals surface area contributed by atoms with Crippen LogP contribution in [0, 0.1) is 17.7 Å². The van der Waals surface area contributed by atoms with Crippen molar-refractivity contribution in [1.82, 2.24) is 0 Å². The topological polar surface area (TPSA) is 29.5 Å². The first kappa shape index (κ1) is 15.1. The molecule has 0 unspecified atom stereocenters. The number of hydrogen-bond acceptors (Lipinski definition) is 2. The molecule has 0 aromatic heterocycles. The van der Waals surface area contributed by atoms with Crippen LogP contribution in [0.4, 0.5) is 4.39 Å². The Kier molecular flexibility index (Phi) is 5.36. The predicted octanol–water partition coefficient (Wildman–Crippen LogP) is 3.31. The Morgan fingerprint density at radius 2 is 1.81 bits per heavy atom. The Morgan fingerprint density at radius 1 is 1.10 bits per heavy atom. The van der Waals surface area contributed by atoms with Gasteiger partial charge in [-0.05, 0) is 41.8 Å². The van der Waals surface area contributed by atoms with Gasteiger partial charge in [0.1, 0.15) is 24.8 Å². The van der Waals surface area contributed by atoms with E-state index in [4.69, 9.17) is 9.84 Å². The molecule has 0 heterocycles. The molecule has 0 atom stereocenters. The molecule has 0 fully saturated rings. The molecule has 0 aliphatic carbocycles. The van der Waals surface area contributed by atoms with Crippen LogP contribution in [0.1, 0.15) is 23.6 Å². The molecule has 0 saturated carbocycles. The van der Waals surface area contributed by atoms with E-state index in [1.54, 1.807) is 12.1 Å². The van der Waals surface area contributed by atoms with E-state index in [2.05, 4.69) is 18.8 Å². The third kappa shape index (κ3) is 4.34. The molecule has 0 radical (unpaired) electrons. The van der Waals surface area contributed by atoms with Crippen LogP contribution in [0.15, 0.2) is 42.5 Å². The van der Waals surface area contributed by atoms with Crippen LogP contribution in [0.2, 0.25) is 0 Å². The molecule has 2 aromatic rings. The number of benzene rings is 2. The number of aliphatic hydroxyl groups excluding tert-OH is 1. The first-order valence-corrected chi connectivity index (χ1v) is 6.83. The smallest absolute Gasteiger partial charge is 0.138 e. The summed E-state index contributed by atoms with van der Waals surface area (Å²) in [6.45, 7) is 2.16. The number of aliphatic hydroxyl groups is 1. The van der Waals surface area contributed by atoms with Crippen LogP contribution in [-0.2, 0) is 13.0 Å². The monoisotopic (exact) mass is 284 g/mol. The molecule has 108 valence electrons. The Hall–Kier alpha value is -2.31. The third-order valence-corrected chi connectivity index (χ3v) is 3.07. The molecule has 0 aliphatic heterocycles. The van der Waals surface area contributed by atoms with E-state index in [1.807, 2.05) is 24.3 Å². The number of ether oxygens (including phenoxy) is 1. The highest BCUT2D eigenvalue weighted by molar-refractivity contribution is 5.38. The normalized spacial score (nSPS) is 9.86. The van der Waals surface area contributed by atoms with Crippen LogP contribution in [0.25, 0.3) is 0 Å². The highest BCUT2D eigenvalue weighted by Crippen LogP contribution is 2.16. The number of hydrogen-bond donors (Lipinski definition) is 1. The molecule has 3 heteroatoms. The van der Waals surface area contributed by atoms with E-state index in [0.717, 1.165) is 17.7 Å². The largest absolute Gasteiger partial charge is 0.489 e. The Balaban J connectivity index is 2.05. The lowest BCUT2D eigenvalue weighted by atomic mass is 10.1. The summed E-state index contributed by atoms with van der Waals surface area (Å²) in [6, 6.07) is 12.6. The van der Waals surface area contributed by atoms with Crippen LogP contribution in [0.5, 0.6) is 5.75 Å². The summed E-state index contributed by atoms with van der Waals surface area (Å²) in [5.74, 6) is 5.41. The first-order valence-electron chi connectivity index (χ1n) is 6.83. The van der Waals surface area contributed by atoms with E-state index < -0.39 is 5.82 Å². The van der Waals surface area contributed by atoms with E-state index in [9.17, 15) is 4.39 Å².